The summed E-state index contributed by atoms with van der Waals surface area (Å²) >= 11 is 0. The summed E-state index contributed by atoms with van der Waals surface area (Å²) in [4.78, 5) is 22.5. The van der Waals surface area contributed by atoms with Crippen LogP contribution in [-0.2, 0) is 14.3 Å². The van der Waals surface area contributed by atoms with E-state index < -0.39 is 6.10 Å². The van der Waals surface area contributed by atoms with Crippen molar-refractivity contribution in [2.24, 2.45) is 5.92 Å². The predicted molar refractivity (Wildman–Crippen MR) is 83.1 cm³/mol. The van der Waals surface area contributed by atoms with Crippen molar-refractivity contribution in [3.05, 3.63) is 48.0 Å². The first-order valence-electron chi connectivity index (χ1n) is 7.65. The smallest absolute Gasteiger partial charge is 0.302 e. The molecule has 0 amide bonds. The van der Waals surface area contributed by atoms with Crippen molar-refractivity contribution >= 4 is 11.8 Å². The van der Waals surface area contributed by atoms with Crippen LogP contribution in [0.3, 0.4) is 0 Å². The highest BCUT2D eigenvalue weighted by Gasteiger charge is 2.33. The van der Waals surface area contributed by atoms with Crippen LogP contribution in [0.5, 0.6) is 0 Å². The minimum absolute atomic E-state index is 0.0368. The third-order valence-electron chi connectivity index (χ3n) is 3.86. The van der Waals surface area contributed by atoms with Crippen molar-refractivity contribution in [3.63, 3.8) is 0 Å². The second-order valence-corrected chi connectivity index (χ2v) is 5.69. The minimum atomic E-state index is -0.486. The Bertz CT molecular complexity index is 535. The molecule has 22 heavy (non-hydrogen) atoms. The van der Waals surface area contributed by atoms with Crippen LogP contribution >= 0.6 is 0 Å². The number of allylic oxidation sites excluding steroid dienone is 1. The van der Waals surface area contributed by atoms with Gasteiger partial charge < -0.3 is 9.84 Å². The second kappa shape index (κ2) is 7.90. The lowest BCUT2D eigenvalue weighted by Crippen LogP contribution is -2.19. The number of carbonyl (C=O) groups is 2. The molecule has 3 atom stereocenters. The molecule has 1 aromatic rings. The summed E-state index contributed by atoms with van der Waals surface area (Å²) in [6.07, 6.45) is 5.16. The maximum absolute atomic E-state index is 11.5. The Morgan fingerprint density at radius 2 is 2.09 bits per heavy atom. The molecule has 118 valence electrons. The average molecular weight is 302 g/mol. The molecule has 4 heteroatoms. The van der Waals surface area contributed by atoms with Crippen molar-refractivity contribution < 1.29 is 19.4 Å². The summed E-state index contributed by atoms with van der Waals surface area (Å²) < 4.78 is 5.18. The molecule has 1 saturated carbocycles. The molecule has 1 aromatic carbocycles. The van der Waals surface area contributed by atoms with Gasteiger partial charge in [-0.25, -0.2) is 0 Å². The van der Waals surface area contributed by atoms with Gasteiger partial charge in [-0.1, -0.05) is 42.5 Å². The Labute approximate surface area is 130 Å². The van der Waals surface area contributed by atoms with Gasteiger partial charge in [0.15, 0.2) is 0 Å². The van der Waals surface area contributed by atoms with Crippen LogP contribution in [0.1, 0.15) is 44.3 Å². The number of benzene rings is 1. The van der Waals surface area contributed by atoms with Gasteiger partial charge in [-0.3, -0.25) is 9.59 Å². The largest absolute Gasteiger partial charge is 0.461 e. The maximum atomic E-state index is 11.5. The van der Waals surface area contributed by atoms with Crippen LogP contribution in [0.15, 0.2) is 42.5 Å². The highest BCUT2D eigenvalue weighted by Crippen LogP contribution is 2.27. The summed E-state index contributed by atoms with van der Waals surface area (Å²) in [6.45, 7) is 1.36. The lowest BCUT2D eigenvalue weighted by atomic mass is 10.0. The molecule has 0 bridgehead atoms. The standard InChI is InChI=1S/C18H22O4/c1-13(19)22-18-12-16(20)11-15(18)9-5-6-10-17(21)14-7-3-2-4-8-14/h2-5,7-9,15,17-18,21H,6,10-12H2,1H3/t15-,17?,18+/m0/s1. The number of aliphatic hydroxyl groups is 1. The Kier molecular flexibility index (Phi) is 5.90. The lowest BCUT2D eigenvalue weighted by Gasteiger charge is -2.15. The summed E-state index contributed by atoms with van der Waals surface area (Å²) in [5, 5.41) is 10.1. The van der Waals surface area contributed by atoms with E-state index in [4.69, 9.17) is 4.74 Å². The topological polar surface area (TPSA) is 63.6 Å². The maximum Gasteiger partial charge on any atom is 0.302 e. The van der Waals surface area contributed by atoms with Gasteiger partial charge in [0.05, 0.1) is 6.10 Å². The van der Waals surface area contributed by atoms with Crippen molar-refractivity contribution in [1.29, 1.82) is 0 Å². The number of hydrogen-bond donors (Lipinski definition) is 1. The summed E-state index contributed by atoms with van der Waals surface area (Å²) in [6, 6.07) is 9.54. The van der Waals surface area contributed by atoms with Gasteiger partial charge in [-0.15, -0.1) is 0 Å². The zero-order valence-electron chi connectivity index (χ0n) is 12.8. The average Bonchev–Trinajstić information content (AvgIpc) is 2.83. The van der Waals surface area contributed by atoms with Crippen molar-refractivity contribution in [3.8, 4) is 0 Å². The van der Waals surface area contributed by atoms with E-state index in [1.54, 1.807) is 0 Å². The first-order chi connectivity index (χ1) is 10.6. The fourth-order valence-corrected chi connectivity index (χ4v) is 2.75. The van der Waals surface area contributed by atoms with Crippen molar-refractivity contribution in [2.45, 2.75) is 44.8 Å². The van der Waals surface area contributed by atoms with Crippen LogP contribution in [0.25, 0.3) is 0 Å². The molecule has 1 unspecified atom stereocenters. The first kappa shape index (κ1) is 16.4. The number of aliphatic hydroxyl groups excluding tert-OH is 1. The molecular formula is C18H22O4. The number of ether oxygens (including phenoxy) is 1. The summed E-state index contributed by atoms with van der Waals surface area (Å²) in [7, 11) is 0. The number of esters is 1. The molecule has 1 fully saturated rings. The number of hydrogen-bond acceptors (Lipinski definition) is 4. The van der Waals surface area contributed by atoms with Gasteiger partial charge in [0.25, 0.3) is 0 Å². The number of Topliss-reactive ketones (excluding diaryl/α,β-unsaturated/α-hetero) is 1. The summed E-state index contributed by atoms with van der Waals surface area (Å²) in [5.74, 6) is -0.256. The number of ketones is 1. The number of carbonyl (C=O) groups excluding carboxylic acids is 2. The van der Waals surface area contributed by atoms with Gasteiger partial charge in [0.1, 0.15) is 11.9 Å². The second-order valence-electron chi connectivity index (χ2n) is 5.69. The third kappa shape index (κ3) is 4.81. The SMILES string of the molecule is CC(=O)O[C@@H]1CC(=O)C[C@@H]1C=CCCC(O)c1ccccc1. The molecule has 1 aliphatic carbocycles. The molecule has 0 aromatic heterocycles. The predicted octanol–water partition coefficient (Wildman–Crippen LogP) is 2.97. The van der Waals surface area contributed by atoms with E-state index in [-0.39, 0.29) is 23.8 Å². The van der Waals surface area contributed by atoms with E-state index in [1.807, 2.05) is 42.5 Å². The fraction of sp³-hybridized carbons (Fsp3) is 0.444. The number of rotatable bonds is 6. The molecule has 0 spiro atoms. The van der Waals surface area contributed by atoms with E-state index in [1.165, 1.54) is 6.92 Å². The van der Waals surface area contributed by atoms with Crippen LogP contribution in [0.4, 0.5) is 0 Å². The normalized spacial score (nSPS) is 22.9. The Morgan fingerprint density at radius 3 is 2.77 bits per heavy atom. The van der Waals surface area contributed by atoms with E-state index in [0.717, 1.165) is 5.56 Å². The monoisotopic (exact) mass is 302 g/mol. The van der Waals surface area contributed by atoms with E-state index in [0.29, 0.717) is 25.7 Å². The molecule has 4 nitrogen and oxygen atoms in total. The molecule has 2 rings (SSSR count). The van der Waals surface area contributed by atoms with Crippen molar-refractivity contribution in [1.82, 2.24) is 0 Å². The Hall–Kier alpha value is -1.94. The molecule has 1 N–H and O–H groups in total. The summed E-state index contributed by atoms with van der Waals surface area (Å²) in [5.41, 5.74) is 0.907. The molecule has 1 aliphatic rings. The molecular weight excluding hydrogens is 280 g/mol. The van der Waals surface area contributed by atoms with Gasteiger partial charge >= 0.3 is 5.97 Å². The zero-order chi connectivity index (χ0) is 15.9. The third-order valence-corrected chi connectivity index (χ3v) is 3.86. The van der Waals surface area contributed by atoms with E-state index in [9.17, 15) is 14.7 Å². The minimum Gasteiger partial charge on any atom is -0.461 e. The lowest BCUT2D eigenvalue weighted by molar-refractivity contribution is -0.147. The Morgan fingerprint density at radius 1 is 1.36 bits per heavy atom. The van der Waals surface area contributed by atoms with E-state index >= 15 is 0 Å². The van der Waals surface area contributed by atoms with Gasteiger partial charge in [0.2, 0.25) is 0 Å². The zero-order valence-corrected chi connectivity index (χ0v) is 12.8. The highest BCUT2D eigenvalue weighted by atomic mass is 16.5. The molecule has 0 heterocycles. The quantitative estimate of drug-likeness (QED) is 0.648. The van der Waals surface area contributed by atoms with Gasteiger partial charge in [0, 0.05) is 25.7 Å². The van der Waals surface area contributed by atoms with Gasteiger partial charge in [-0.05, 0) is 18.4 Å². The first-order valence-corrected chi connectivity index (χ1v) is 7.65. The fourth-order valence-electron chi connectivity index (χ4n) is 2.75. The molecule has 0 aliphatic heterocycles. The Balaban J connectivity index is 1.81. The molecule has 0 saturated heterocycles. The van der Waals surface area contributed by atoms with Crippen LogP contribution in [0, 0.1) is 5.92 Å². The molecule has 0 radical (unpaired) electrons. The van der Waals surface area contributed by atoms with Crippen LogP contribution < -0.4 is 0 Å². The van der Waals surface area contributed by atoms with E-state index in [2.05, 4.69) is 0 Å². The van der Waals surface area contributed by atoms with Crippen molar-refractivity contribution in [2.75, 3.05) is 0 Å². The van der Waals surface area contributed by atoms with Crippen LogP contribution in [-0.4, -0.2) is 23.0 Å². The van der Waals surface area contributed by atoms with Crippen LogP contribution in [0.2, 0.25) is 0 Å². The van der Waals surface area contributed by atoms with Gasteiger partial charge in [-0.2, -0.15) is 0 Å². The highest BCUT2D eigenvalue weighted by molar-refractivity contribution is 5.82.